The molecule has 0 heterocycles. The molecule has 0 aliphatic rings. The summed E-state index contributed by atoms with van der Waals surface area (Å²) in [5.41, 5.74) is 5.61. The molecule has 0 bridgehead atoms. The number of rotatable bonds is 6. The molecule has 0 amide bonds. The van der Waals surface area contributed by atoms with Gasteiger partial charge >= 0.3 is 0 Å². The highest BCUT2D eigenvalue weighted by molar-refractivity contribution is 5.28. The minimum atomic E-state index is 0.380. The molecule has 0 radical (unpaired) electrons. The predicted molar refractivity (Wildman–Crippen MR) is 86.9 cm³/mol. The van der Waals surface area contributed by atoms with Crippen LogP contribution in [-0.2, 0) is 19.4 Å². The average molecular weight is 267 g/mol. The molecule has 0 spiro atoms. The second kappa shape index (κ2) is 7.25. The molecular weight excluding hydrogens is 242 g/mol. The smallest absolute Gasteiger partial charge is 0.0294 e. The third kappa shape index (κ3) is 3.71. The van der Waals surface area contributed by atoms with Gasteiger partial charge in [0.25, 0.3) is 0 Å². The molecule has 1 N–H and O–H groups in total. The van der Waals surface area contributed by atoms with Crippen LogP contribution in [0.2, 0.25) is 0 Å². The summed E-state index contributed by atoms with van der Waals surface area (Å²) in [7, 11) is 0. The van der Waals surface area contributed by atoms with Crippen LogP contribution in [-0.4, -0.2) is 0 Å². The topological polar surface area (TPSA) is 12.0 Å². The van der Waals surface area contributed by atoms with Gasteiger partial charge in [-0.25, -0.2) is 0 Å². The van der Waals surface area contributed by atoms with Crippen LogP contribution in [0.4, 0.5) is 0 Å². The van der Waals surface area contributed by atoms with Gasteiger partial charge in [-0.2, -0.15) is 0 Å². The Hall–Kier alpha value is -1.60. The van der Waals surface area contributed by atoms with E-state index in [0.717, 1.165) is 19.4 Å². The average Bonchev–Trinajstić information content (AvgIpc) is 2.53. The van der Waals surface area contributed by atoms with E-state index in [-0.39, 0.29) is 0 Å². The van der Waals surface area contributed by atoms with E-state index in [1.165, 1.54) is 22.3 Å². The fourth-order valence-corrected chi connectivity index (χ4v) is 2.50. The van der Waals surface area contributed by atoms with Crippen molar-refractivity contribution in [2.45, 2.75) is 46.2 Å². The summed E-state index contributed by atoms with van der Waals surface area (Å²) in [5, 5.41) is 3.63. The third-order valence-electron chi connectivity index (χ3n) is 3.99. The Bertz CT molecular complexity index is 528. The van der Waals surface area contributed by atoms with Crippen molar-refractivity contribution in [2.24, 2.45) is 0 Å². The second-order valence-electron chi connectivity index (χ2n) is 5.32. The first-order chi connectivity index (χ1) is 9.74. The van der Waals surface area contributed by atoms with E-state index in [1.807, 2.05) is 0 Å². The van der Waals surface area contributed by atoms with Gasteiger partial charge in [-0.3, -0.25) is 0 Å². The van der Waals surface area contributed by atoms with Crippen molar-refractivity contribution < 1.29 is 0 Å². The van der Waals surface area contributed by atoms with Crippen LogP contribution in [0.25, 0.3) is 0 Å². The molecule has 0 saturated heterocycles. The van der Waals surface area contributed by atoms with E-state index in [4.69, 9.17) is 0 Å². The maximum Gasteiger partial charge on any atom is 0.0294 e. The minimum Gasteiger partial charge on any atom is -0.306 e. The molecule has 106 valence electrons. The summed E-state index contributed by atoms with van der Waals surface area (Å²) in [6.45, 7) is 7.57. The molecule has 0 aliphatic carbocycles. The lowest BCUT2D eigenvalue weighted by molar-refractivity contribution is 0.572. The number of hydrogen-bond donors (Lipinski definition) is 1. The molecule has 1 heteroatoms. The summed E-state index contributed by atoms with van der Waals surface area (Å²) in [5.74, 6) is 0. The van der Waals surface area contributed by atoms with Gasteiger partial charge in [0.05, 0.1) is 0 Å². The molecule has 0 aliphatic heterocycles. The fourth-order valence-electron chi connectivity index (χ4n) is 2.50. The van der Waals surface area contributed by atoms with Crippen molar-refractivity contribution in [3.05, 3.63) is 70.8 Å². The van der Waals surface area contributed by atoms with Gasteiger partial charge in [-0.1, -0.05) is 62.4 Å². The van der Waals surface area contributed by atoms with Crippen LogP contribution in [0.1, 0.15) is 49.1 Å². The van der Waals surface area contributed by atoms with Crippen molar-refractivity contribution in [1.82, 2.24) is 5.32 Å². The van der Waals surface area contributed by atoms with Gasteiger partial charge in [0.2, 0.25) is 0 Å². The van der Waals surface area contributed by atoms with Gasteiger partial charge in [-0.15, -0.1) is 0 Å². The molecule has 2 aromatic carbocycles. The molecule has 1 atom stereocenters. The highest BCUT2D eigenvalue weighted by atomic mass is 14.9. The van der Waals surface area contributed by atoms with E-state index in [9.17, 15) is 0 Å². The summed E-state index contributed by atoms with van der Waals surface area (Å²) in [6, 6.07) is 18.0. The fraction of sp³-hybridized carbons (Fsp3) is 0.368. The van der Waals surface area contributed by atoms with Gasteiger partial charge in [0.1, 0.15) is 0 Å². The van der Waals surface area contributed by atoms with Crippen molar-refractivity contribution in [1.29, 1.82) is 0 Å². The van der Waals surface area contributed by atoms with Crippen molar-refractivity contribution in [3.8, 4) is 0 Å². The zero-order chi connectivity index (χ0) is 14.4. The van der Waals surface area contributed by atoms with Gasteiger partial charge in [-0.05, 0) is 42.0 Å². The van der Waals surface area contributed by atoms with Crippen LogP contribution in [0.5, 0.6) is 0 Å². The molecule has 20 heavy (non-hydrogen) atoms. The van der Waals surface area contributed by atoms with E-state index in [2.05, 4.69) is 74.6 Å². The lowest BCUT2D eigenvalue weighted by Crippen LogP contribution is -2.18. The Morgan fingerprint density at radius 1 is 0.850 bits per heavy atom. The molecule has 2 aromatic rings. The van der Waals surface area contributed by atoms with E-state index in [1.54, 1.807) is 0 Å². The van der Waals surface area contributed by atoms with Gasteiger partial charge < -0.3 is 5.32 Å². The SMILES string of the molecule is CCc1ccc(C(C)NCc2ccccc2CC)cc1. The molecule has 2 rings (SSSR count). The molecular formula is C19H25N. The Morgan fingerprint density at radius 3 is 2.10 bits per heavy atom. The molecule has 0 aromatic heterocycles. The van der Waals surface area contributed by atoms with Crippen LogP contribution in [0.3, 0.4) is 0 Å². The second-order valence-corrected chi connectivity index (χ2v) is 5.32. The largest absolute Gasteiger partial charge is 0.306 e. The normalized spacial score (nSPS) is 12.3. The number of hydrogen-bond acceptors (Lipinski definition) is 1. The molecule has 1 nitrogen and oxygen atoms in total. The monoisotopic (exact) mass is 267 g/mol. The minimum absolute atomic E-state index is 0.380. The Balaban J connectivity index is 1.98. The van der Waals surface area contributed by atoms with Crippen molar-refractivity contribution in [2.75, 3.05) is 0 Å². The standard InChI is InChI=1S/C19H25N/c1-4-16-10-12-18(13-11-16)15(3)20-14-19-9-7-6-8-17(19)5-2/h6-13,15,20H,4-5,14H2,1-3H3. The Labute approximate surface area is 123 Å². The maximum atomic E-state index is 3.63. The maximum absolute atomic E-state index is 3.63. The van der Waals surface area contributed by atoms with Crippen molar-refractivity contribution in [3.63, 3.8) is 0 Å². The van der Waals surface area contributed by atoms with Crippen molar-refractivity contribution >= 4 is 0 Å². The summed E-state index contributed by atoms with van der Waals surface area (Å²) in [4.78, 5) is 0. The van der Waals surface area contributed by atoms with Crippen LogP contribution >= 0.6 is 0 Å². The van der Waals surface area contributed by atoms with E-state index < -0.39 is 0 Å². The van der Waals surface area contributed by atoms with E-state index in [0.29, 0.717) is 6.04 Å². The highest BCUT2D eigenvalue weighted by Crippen LogP contribution is 2.16. The summed E-state index contributed by atoms with van der Waals surface area (Å²) < 4.78 is 0. The van der Waals surface area contributed by atoms with Gasteiger partial charge in [0.15, 0.2) is 0 Å². The zero-order valence-corrected chi connectivity index (χ0v) is 12.8. The lowest BCUT2D eigenvalue weighted by Gasteiger charge is -2.16. The predicted octanol–water partition coefficient (Wildman–Crippen LogP) is 4.66. The summed E-state index contributed by atoms with van der Waals surface area (Å²) in [6.07, 6.45) is 2.20. The molecule has 0 saturated carbocycles. The Kier molecular flexibility index (Phi) is 5.37. The number of benzene rings is 2. The van der Waals surface area contributed by atoms with Crippen LogP contribution in [0.15, 0.2) is 48.5 Å². The lowest BCUT2D eigenvalue weighted by atomic mass is 10.0. The zero-order valence-electron chi connectivity index (χ0n) is 12.8. The first-order valence-electron chi connectivity index (χ1n) is 7.63. The first kappa shape index (κ1) is 14.8. The molecule has 1 unspecified atom stereocenters. The third-order valence-corrected chi connectivity index (χ3v) is 3.99. The quantitative estimate of drug-likeness (QED) is 0.802. The number of nitrogens with one attached hydrogen (secondary N) is 1. The van der Waals surface area contributed by atoms with E-state index >= 15 is 0 Å². The highest BCUT2D eigenvalue weighted by Gasteiger charge is 2.06. The molecule has 0 fully saturated rings. The van der Waals surface area contributed by atoms with Crippen LogP contribution in [0, 0.1) is 0 Å². The number of aryl methyl sites for hydroxylation is 2. The van der Waals surface area contributed by atoms with Gasteiger partial charge in [0, 0.05) is 12.6 Å². The summed E-state index contributed by atoms with van der Waals surface area (Å²) >= 11 is 0. The Morgan fingerprint density at radius 2 is 1.50 bits per heavy atom. The first-order valence-corrected chi connectivity index (χ1v) is 7.63. The van der Waals surface area contributed by atoms with Crippen LogP contribution < -0.4 is 5.32 Å².